The number of methoxy groups -OCH3 is 2. The molecule has 1 saturated carbocycles. The minimum absolute atomic E-state index is 0.175. The molecule has 0 atom stereocenters. The summed E-state index contributed by atoms with van der Waals surface area (Å²) in [6.45, 7) is 4.17. The van der Waals surface area contributed by atoms with E-state index in [1.54, 1.807) is 14.2 Å². The number of hydrogen-bond donors (Lipinski definition) is 0. The number of aromatic nitrogens is 1. The molecule has 1 saturated heterocycles. The van der Waals surface area contributed by atoms with E-state index in [4.69, 9.17) is 14.0 Å². The highest BCUT2D eigenvalue weighted by atomic mass is 16.5. The van der Waals surface area contributed by atoms with Gasteiger partial charge in [-0.05, 0) is 36.6 Å². The maximum atomic E-state index is 13.5. The molecule has 7 heteroatoms. The fourth-order valence-corrected chi connectivity index (χ4v) is 4.58. The number of rotatable bonds is 7. The third kappa shape index (κ3) is 4.20. The zero-order valence-corrected chi connectivity index (χ0v) is 19.1. The first-order chi connectivity index (χ1) is 16.1. The Morgan fingerprint density at radius 2 is 1.70 bits per heavy atom. The Labute approximate surface area is 193 Å². The van der Waals surface area contributed by atoms with Crippen LogP contribution in [0.3, 0.4) is 0 Å². The first-order valence-corrected chi connectivity index (χ1v) is 11.4. The van der Waals surface area contributed by atoms with Gasteiger partial charge in [0.2, 0.25) is 5.91 Å². The van der Waals surface area contributed by atoms with E-state index in [1.165, 1.54) is 5.56 Å². The number of ether oxygens (including phenoxy) is 2. The summed E-state index contributed by atoms with van der Waals surface area (Å²) in [6, 6.07) is 18.0. The number of carbonyl (C=O) groups excluding carboxylic acids is 1. The van der Waals surface area contributed by atoms with Gasteiger partial charge in [-0.15, -0.1) is 0 Å². The molecular weight excluding hydrogens is 418 g/mol. The number of amides is 1. The molecule has 2 fully saturated rings. The third-order valence-electron chi connectivity index (χ3n) is 6.74. The Morgan fingerprint density at radius 3 is 2.36 bits per heavy atom. The molecule has 5 rings (SSSR count). The van der Waals surface area contributed by atoms with Gasteiger partial charge in [0.25, 0.3) is 0 Å². The van der Waals surface area contributed by atoms with Crippen LogP contribution in [0.1, 0.15) is 24.1 Å². The van der Waals surface area contributed by atoms with Crippen molar-refractivity contribution in [3.8, 4) is 22.8 Å². The molecule has 1 aromatic heterocycles. The van der Waals surface area contributed by atoms with Gasteiger partial charge in [-0.1, -0.05) is 35.5 Å². The van der Waals surface area contributed by atoms with E-state index >= 15 is 0 Å². The third-order valence-corrected chi connectivity index (χ3v) is 6.74. The van der Waals surface area contributed by atoms with Gasteiger partial charge >= 0.3 is 0 Å². The van der Waals surface area contributed by atoms with Crippen LogP contribution < -0.4 is 9.47 Å². The van der Waals surface area contributed by atoms with Crippen LogP contribution in [0.25, 0.3) is 11.3 Å². The quantitative estimate of drug-likeness (QED) is 0.550. The van der Waals surface area contributed by atoms with E-state index in [2.05, 4.69) is 34.3 Å². The van der Waals surface area contributed by atoms with Crippen LogP contribution in [-0.4, -0.2) is 61.3 Å². The second-order valence-corrected chi connectivity index (χ2v) is 8.78. The van der Waals surface area contributed by atoms with Crippen molar-refractivity contribution in [3.63, 3.8) is 0 Å². The second kappa shape index (κ2) is 8.90. The minimum Gasteiger partial charge on any atom is -0.493 e. The van der Waals surface area contributed by atoms with Crippen molar-refractivity contribution in [2.24, 2.45) is 0 Å². The fraction of sp³-hybridized carbons (Fsp3) is 0.385. The SMILES string of the molecule is COc1ccc(-c2cc(C3(C(=O)N4CCN(Cc5ccccc5)CC4)CC3)no2)cc1OC. The van der Waals surface area contributed by atoms with Crippen LogP contribution >= 0.6 is 0 Å². The number of carbonyl (C=O) groups is 1. The van der Waals surface area contributed by atoms with Gasteiger partial charge in [0, 0.05) is 44.4 Å². The van der Waals surface area contributed by atoms with Crippen molar-refractivity contribution in [1.82, 2.24) is 15.0 Å². The molecular formula is C26H29N3O4. The standard InChI is InChI=1S/C26H29N3O4/c1-31-21-9-8-20(16-23(21)32-2)22-17-24(27-33-22)26(10-11-26)25(30)29-14-12-28(13-15-29)18-19-6-4-3-5-7-19/h3-9,16-17H,10-15,18H2,1-2H3. The Hall–Kier alpha value is -3.32. The molecule has 2 aromatic carbocycles. The molecule has 1 aliphatic heterocycles. The lowest BCUT2D eigenvalue weighted by atomic mass is 9.99. The first-order valence-electron chi connectivity index (χ1n) is 11.4. The zero-order valence-electron chi connectivity index (χ0n) is 19.1. The highest BCUT2D eigenvalue weighted by Gasteiger charge is 2.55. The van der Waals surface area contributed by atoms with Crippen molar-refractivity contribution in [2.75, 3.05) is 40.4 Å². The monoisotopic (exact) mass is 447 g/mol. The summed E-state index contributed by atoms with van der Waals surface area (Å²) in [5.41, 5.74) is 2.33. The molecule has 1 aliphatic carbocycles. The van der Waals surface area contributed by atoms with Crippen LogP contribution in [-0.2, 0) is 16.8 Å². The summed E-state index contributed by atoms with van der Waals surface area (Å²) in [4.78, 5) is 17.9. The largest absolute Gasteiger partial charge is 0.493 e. The van der Waals surface area contributed by atoms with Gasteiger partial charge in [-0.25, -0.2) is 0 Å². The molecule has 7 nitrogen and oxygen atoms in total. The number of benzene rings is 2. The number of nitrogens with zero attached hydrogens (tertiary/aromatic N) is 3. The molecule has 0 radical (unpaired) electrons. The lowest BCUT2D eigenvalue weighted by Gasteiger charge is -2.36. The van der Waals surface area contributed by atoms with E-state index in [9.17, 15) is 4.79 Å². The molecule has 3 aromatic rings. The normalized spacial score (nSPS) is 17.6. The zero-order chi connectivity index (χ0) is 22.8. The van der Waals surface area contributed by atoms with E-state index in [1.807, 2.05) is 35.2 Å². The molecule has 33 heavy (non-hydrogen) atoms. The Morgan fingerprint density at radius 1 is 0.970 bits per heavy atom. The lowest BCUT2D eigenvalue weighted by Crippen LogP contribution is -2.51. The van der Waals surface area contributed by atoms with E-state index < -0.39 is 5.41 Å². The molecule has 2 heterocycles. The van der Waals surface area contributed by atoms with E-state index in [0.29, 0.717) is 17.3 Å². The predicted molar refractivity (Wildman–Crippen MR) is 124 cm³/mol. The minimum atomic E-state index is -0.542. The molecule has 2 aliphatic rings. The summed E-state index contributed by atoms with van der Waals surface area (Å²) in [5, 5.41) is 4.31. The van der Waals surface area contributed by atoms with Crippen molar-refractivity contribution in [2.45, 2.75) is 24.8 Å². The summed E-state index contributed by atoms with van der Waals surface area (Å²) in [6.07, 6.45) is 1.63. The average Bonchev–Trinajstić information content (AvgIpc) is 3.53. The Balaban J connectivity index is 1.26. The molecule has 0 N–H and O–H groups in total. The van der Waals surface area contributed by atoms with Gasteiger partial charge in [0.1, 0.15) is 0 Å². The summed E-state index contributed by atoms with van der Waals surface area (Å²) in [7, 11) is 3.21. The van der Waals surface area contributed by atoms with Crippen molar-refractivity contribution in [1.29, 1.82) is 0 Å². The maximum Gasteiger partial charge on any atom is 0.235 e. The van der Waals surface area contributed by atoms with Gasteiger partial charge in [-0.3, -0.25) is 9.69 Å². The van der Waals surface area contributed by atoms with E-state index in [0.717, 1.165) is 56.8 Å². The van der Waals surface area contributed by atoms with E-state index in [-0.39, 0.29) is 5.91 Å². The average molecular weight is 448 g/mol. The highest BCUT2D eigenvalue weighted by Crippen LogP contribution is 2.50. The number of piperazine rings is 1. The topological polar surface area (TPSA) is 68.0 Å². The van der Waals surface area contributed by atoms with Crippen LogP contribution in [0.4, 0.5) is 0 Å². The van der Waals surface area contributed by atoms with Crippen LogP contribution in [0, 0.1) is 0 Å². The molecule has 1 amide bonds. The molecule has 0 spiro atoms. The van der Waals surface area contributed by atoms with Crippen molar-refractivity contribution >= 4 is 5.91 Å². The molecule has 0 unspecified atom stereocenters. The number of hydrogen-bond acceptors (Lipinski definition) is 6. The molecule has 0 bridgehead atoms. The summed E-state index contributed by atoms with van der Waals surface area (Å²) >= 11 is 0. The fourth-order valence-electron chi connectivity index (χ4n) is 4.58. The Bertz CT molecular complexity index is 1120. The summed E-state index contributed by atoms with van der Waals surface area (Å²) < 4.78 is 16.4. The first kappa shape index (κ1) is 21.5. The summed E-state index contributed by atoms with van der Waals surface area (Å²) in [5.74, 6) is 2.08. The van der Waals surface area contributed by atoms with Gasteiger partial charge in [-0.2, -0.15) is 0 Å². The lowest BCUT2D eigenvalue weighted by molar-refractivity contribution is -0.136. The van der Waals surface area contributed by atoms with Crippen LogP contribution in [0.15, 0.2) is 59.1 Å². The highest BCUT2D eigenvalue weighted by molar-refractivity contribution is 5.91. The Kier molecular flexibility index (Phi) is 5.81. The van der Waals surface area contributed by atoms with Crippen LogP contribution in [0.5, 0.6) is 11.5 Å². The second-order valence-electron chi connectivity index (χ2n) is 8.78. The van der Waals surface area contributed by atoms with Gasteiger partial charge in [0.05, 0.1) is 25.3 Å². The molecule has 172 valence electrons. The maximum absolute atomic E-state index is 13.5. The van der Waals surface area contributed by atoms with Crippen molar-refractivity contribution in [3.05, 3.63) is 65.9 Å². The van der Waals surface area contributed by atoms with Gasteiger partial charge < -0.3 is 18.9 Å². The van der Waals surface area contributed by atoms with Crippen LogP contribution in [0.2, 0.25) is 0 Å². The smallest absolute Gasteiger partial charge is 0.235 e. The van der Waals surface area contributed by atoms with Gasteiger partial charge in [0.15, 0.2) is 17.3 Å². The van der Waals surface area contributed by atoms with Crippen molar-refractivity contribution < 1.29 is 18.8 Å². The predicted octanol–water partition coefficient (Wildman–Crippen LogP) is 3.73.